The van der Waals surface area contributed by atoms with E-state index in [0.717, 1.165) is 43.6 Å². The molecule has 1 aromatic carbocycles. The minimum absolute atomic E-state index is 0.320. The van der Waals surface area contributed by atoms with E-state index >= 15 is 0 Å². The van der Waals surface area contributed by atoms with Crippen molar-refractivity contribution in [2.24, 2.45) is 0 Å². The Morgan fingerprint density at radius 3 is 2.96 bits per heavy atom. The molecule has 1 amide bonds. The Kier molecular flexibility index (Phi) is 4.93. The zero-order valence-corrected chi connectivity index (χ0v) is 15.8. The van der Waals surface area contributed by atoms with Gasteiger partial charge >= 0.3 is 0 Å². The summed E-state index contributed by atoms with van der Waals surface area (Å²) in [7, 11) is 0. The molecule has 2 fully saturated rings. The minimum Gasteiger partial charge on any atom is -0.339 e. The molecule has 3 heterocycles. The maximum atomic E-state index is 12.8. The molecule has 1 aromatic rings. The highest BCUT2D eigenvalue weighted by Gasteiger charge is 2.31. The Morgan fingerprint density at radius 2 is 2.04 bits per heavy atom. The third-order valence-corrected chi connectivity index (χ3v) is 6.30. The molecule has 1 unspecified atom stereocenters. The lowest BCUT2D eigenvalue weighted by molar-refractivity contribution is -0.136. The topological polar surface area (TPSA) is 26.8 Å². The second-order valence-corrected chi connectivity index (χ2v) is 8.31. The van der Waals surface area contributed by atoms with Gasteiger partial charge in [-0.3, -0.25) is 14.6 Å². The zero-order valence-electron chi connectivity index (χ0n) is 14.2. The molecule has 0 spiro atoms. The Morgan fingerprint density at radius 1 is 1.12 bits per heavy atom. The maximum absolute atomic E-state index is 12.8. The fourth-order valence-corrected chi connectivity index (χ4v) is 4.80. The van der Waals surface area contributed by atoms with Crippen LogP contribution >= 0.6 is 15.9 Å². The molecule has 4 nitrogen and oxygen atoms in total. The Labute approximate surface area is 152 Å². The summed E-state index contributed by atoms with van der Waals surface area (Å²) >= 11 is 3.55. The van der Waals surface area contributed by atoms with Crippen LogP contribution in [0.15, 0.2) is 22.7 Å². The standard InChI is InChI=1S/C19H26BrN3O/c20-17-5-4-16-12-21(8-6-15(16)11-17)14-19(24)23-10-9-22-7-2-1-3-18(22)13-23/h4-5,11,18H,1-3,6-10,12-14H2. The number of nitrogens with zero attached hydrogens (tertiary/aromatic N) is 3. The molecule has 130 valence electrons. The second-order valence-electron chi connectivity index (χ2n) is 7.40. The van der Waals surface area contributed by atoms with E-state index in [1.165, 1.54) is 36.9 Å². The fraction of sp³-hybridized carbons (Fsp3) is 0.632. The summed E-state index contributed by atoms with van der Waals surface area (Å²) < 4.78 is 1.15. The monoisotopic (exact) mass is 391 g/mol. The smallest absolute Gasteiger partial charge is 0.236 e. The van der Waals surface area contributed by atoms with Crippen molar-refractivity contribution in [1.82, 2.24) is 14.7 Å². The average molecular weight is 392 g/mol. The summed E-state index contributed by atoms with van der Waals surface area (Å²) in [6.07, 6.45) is 4.95. The van der Waals surface area contributed by atoms with E-state index in [9.17, 15) is 4.79 Å². The third kappa shape index (κ3) is 3.53. The van der Waals surface area contributed by atoms with Gasteiger partial charge in [-0.05, 0) is 49.1 Å². The van der Waals surface area contributed by atoms with Crippen LogP contribution in [0.1, 0.15) is 30.4 Å². The number of hydrogen-bond acceptors (Lipinski definition) is 3. The first-order valence-corrected chi connectivity index (χ1v) is 10.00. The summed E-state index contributed by atoms with van der Waals surface area (Å²) in [6, 6.07) is 7.12. The average Bonchev–Trinajstić information content (AvgIpc) is 2.61. The number of carbonyl (C=O) groups is 1. The van der Waals surface area contributed by atoms with Crippen molar-refractivity contribution in [2.75, 3.05) is 39.3 Å². The normalized spacial score (nSPS) is 25.2. The first-order valence-electron chi connectivity index (χ1n) is 9.20. The van der Waals surface area contributed by atoms with Gasteiger partial charge in [0.2, 0.25) is 5.91 Å². The van der Waals surface area contributed by atoms with Crippen molar-refractivity contribution < 1.29 is 4.79 Å². The van der Waals surface area contributed by atoms with Crippen LogP contribution < -0.4 is 0 Å². The van der Waals surface area contributed by atoms with Crippen LogP contribution in [-0.2, 0) is 17.8 Å². The number of piperazine rings is 1. The van der Waals surface area contributed by atoms with E-state index in [-0.39, 0.29) is 0 Å². The van der Waals surface area contributed by atoms with Gasteiger partial charge in [0.1, 0.15) is 0 Å². The number of fused-ring (bicyclic) bond motifs is 2. The molecule has 0 aromatic heterocycles. The van der Waals surface area contributed by atoms with Gasteiger partial charge in [-0.2, -0.15) is 0 Å². The number of amides is 1. The van der Waals surface area contributed by atoms with Gasteiger partial charge in [-0.1, -0.05) is 28.4 Å². The molecule has 0 N–H and O–H groups in total. The van der Waals surface area contributed by atoms with Crippen LogP contribution in [0.2, 0.25) is 0 Å². The van der Waals surface area contributed by atoms with Gasteiger partial charge in [-0.25, -0.2) is 0 Å². The van der Waals surface area contributed by atoms with Gasteiger partial charge < -0.3 is 4.90 Å². The number of rotatable bonds is 2. The lowest BCUT2D eigenvalue weighted by Gasteiger charge is -2.44. The molecule has 3 aliphatic rings. The van der Waals surface area contributed by atoms with Crippen LogP contribution in [0.3, 0.4) is 0 Å². The molecule has 4 rings (SSSR count). The first-order chi connectivity index (χ1) is 11.7. The predicted molar refractivity (Wildman–Crippen MR) is 98.9 cm³/mol. The number of piperidine rings is 1. The molecule has 3 aliphatic heterocycles. The van der Waals surface area contributed by atoms with Crippen LogP contribution in [0, 0.1) is 0 Å². The Balaban J connectivity index is 1.34. The molecule has 2 saturated heterocycles. The van der Waals surface area contributed by atoms with E-state index in [1.54, 1.807) is 0 Å². The molecule has 1 atom stereocenters. The highest BCUT2D eigenvalue weighted by Crippen LogP contribution is 2.24. The molecule has 0 bridgehead atoms. The zero-order chi connectivity index (χ0) is 16.5. The number of halogens is 1. The minimum atomic E-state index is 0.320. The summed E-state index contributed by atoms with van der Waals surface area (Å²) in [5.41, 5.74) is 2.79. The highest BCUT2D eigenvalue weighted by molar-refractivity contribution is 9.10. The first kappa shape index (κ1) is 16.6. The van der Waals surface area contributed by atoms with Gasteiger partial charge in [0.15, 0.2) is 0 Å². The molecule has 0 radical (unpaired) electrons. The number of carbonyl (C=O) groups excluding carboxylic acids is 1. The summed E-state index contributed by atoms with van der Waals surface area (Å²) in [4.78, 5) is 19.8. The second kappa shape index (κ2) is 7.14. The van der Waals surface area contributed by atoms with Crippen molar-refractivity contribution >= 4 is 21.8 Å². The van der Waals surface area contributed by atoms with E-state index < -0.39 is 0 Å². The largest absolute Gasteiger partial charge is 0.339 e. The maximum Gasteiger partial charge on any atom is 0.236 e. The summed E-state index contributed by atoms with van der Waals surface area (Å²) in [6.45, 7) is 6.60. The molecular weight excluding hydrogens is 366 g/mol. The van der Waals surface area contributed by atoms with Crippen molar-refractivity contribution in [2.45, 2.75) is 38.3 Å². The van der Waals surface area contributed by atoms with Crippen molar-refractivity contribution in [3.63, 3.8) is 0 Å². The SMILES string of the molecule is O=C(CN1CCc2cc(Br)ccc2C1)N1CCN2CCCCC2C1. The summed E-state index contributed by atoms with van der Waals surface area (Å²) in [5, 5.41) is 0. The van der Waals surface area contributed by atoms with Crippen LogP contribution in [0.4, 0.5) is 0 Å². The fourth-order valence-electron chi connectivity index (χ4n) is 4.39. The van der Waals surface area contributed by atoms with Gasteiger partial charge in [0.05, 0.1) is 6.54 Å². The van der Waals surface area contributed by atoms with Crippen LogP contribution in [0.5, 0.6) is 0 Å². The molecule has 24 heavy (non-hydrogen) atoms. The highest BCUT2D eigenvalue weighted by atomic mass is 79.9. The third-order valence-electron chi connectivity index (χ3n) is 5.81. The van der Waals surface area contributed by atoms with Gasteiger partial charge in [0.25, 0.3) is 0 Å². The summed E-state index contributed by atoms with van der Waals surface area (Å²) in [5.74, 6) is 0.320. The molecule has 5 heteroatoms. The van der Waals surface area contributed by atoms with Crippen molar-refractivity contribution in [3.05, 3.63) is 33.8 Å². The number of hydrogen-bond donors (Lipinski definition) is 0. The molecular formula is C19H26BrN3O. The number of benzene rings is 1. The van der Waals surface area contributed by atoms with Gasteiger partial charge in [0, 0.05) is 43.2 Å². The molecule has 0 saturated carbocycles. The van der Waals surface area contributed by atoms with E-state index in [0.29, 0.717) is 18.5 Å². The van der Waals surface area contributed by atoms with Crippen LogP contribution in [0.25, 0.3) is 0 Å². The van der Waals surface area contributed by atoms with E-state index in [4.69, 9.17) is 0 Å². The van der Waals surface area contributed by atoms with Crippen molar-refractivity contribution in [3.8, 4) is 0 Å². The Bertz CT molecular complexity index is 621. The van der Waals surface area contributed by atoms with Crippen LogP contribution in [-0.4, -0.2) is 65.9 Å². The lowest BCUT2D eigenvalue weighted by Crippen LogP contribution is -2.57. The van der Waals surface area contributed by atoms with Gasteiger partial charge in [-0.15, -0.1) is 0 Å². The van der Waals surface area contributed by atoms with E-state index in [2.05, 4.69) is 48.8 Å². The molecule has 0 aliphatic carbocycles. The van der Waals surface area contributed by atoms with Crippen molar-refractivity contribution in [1.29, 1.82) is 0 Å². The quantitative estimate of drug-likeness (QED) is 0.774. The lowest BCUT2D eigenvalue weighted by atomic mass is 9.99. The Hall–Kier alpha value is -0.910. The predicted octanol–water partition coefficient (Wildman–Crippen LogP) is 2.50. The van der Waals surface area contributed by atoms with E-state index in [1.807, 2.05) is 0 Å².